The van der Waals surface area contributed by atoms with Crippen molar-refractivity contribution < 1.29 is 13.9 Å². The molecule has 0 aliphatic rings. The second-order valence-electron chi connectivity index (χ2n) is 3.48. The van der Waals surface area contributed by atoms with E-state index in [2.05, 4.69) is 6.58 Å². The van der Waals surface area contributed by atoms with Crippen molar-refractivity contribution in [2.75, 3.05) is 19.7 Å². The molecule has 0 bridgehead atoms. The van der Waals surface area contributed by atoms with Crippen LogP contribution in [0.15, 0.2) is 30.9 Å². The van der Waals surface area contributed by atoms with E-state index in [1.54, 1.807) is 6.08 Å². The maximum atomic E-state index is 13.3. The van der Waals surface area contributed by atoms with Crippen LogP contribution in [0.25, 0.3) is 0 Å². The zero-order chi connectivity index (χ0) is 12.0. The Labute approximate surface area is 93.8 Å². The number of benzene rings is 1. The first-order valence-electron chi connectivity index (χ1n) is 5.05. The van der Waals surface area contributed by atoms with Gasteiger partial charge >= 0.3 is 0 Å². The minimum Gasteiger partial charge on any atom is -0.395 e. The largest absolute Gasteiger partial charge is 0.395 e. The lowest BCUT2D eigenvalue weighted by Crippen LogP contribution is -2.27. The third kappa shape index (κ3) is 3.72. The Bertz CT molecular complexity index is 355. The van der Waals surface area contributed by atoms with Gasteiger partial charge in [0.05, 0.1) is 6.61 Å². The van der Waals surface area contributed by atoms with E-state index in [-0.39, 0.29) is 6.61 Å². The van der Waals surface area contributed by atoms with Crippen LogP contribution in [-0.4, -0.2) is 29.7 Å². The van der Waals surface area contributed by atoms with Crippen molar-refractivity contribution in [2.24, 2.45) is 0 Å². The molecule has 2 nitrogen and oxygen atoms in total. The standard InChI is InChI=1S/C12H15F2NO/c1-2-5-15(6-7-16)9-10-3-4-11(13)8-12(10)14/h2-4,8,16H,1,5-7,9H2. The first kappa shape index (κ1) is 12.8. The number of hydrogen-bond acceptors (Lipinski definition) is 2. The van der Waals surface area contributed by atoms with Gasteiger partial charge in [0.25, 0.3) is 0 Å². The van der Waals surface area contributed by atoms with Crippen LogP contribution in [0, 0.1) is 11.6 Å². The summed E-state index contributed by atoms with van der Waals surface area (Å²) in [5.41, 5.74) is 0.414. The van der Waals surface area contributed by atoms with Crippen LogP contribution in [-0.2, 0) is 6.54 Å². The molecule has 0 radical (unpaired) electrons. The van der Waals surface area contributed by atoms with Gasteiger partial charge in [0.15, 0.2) is 0 Å². The number of aliphatic hydroxyl groups excluding tert-OH is 1. The molecular weight excluding hydrogens is 212 g/mol. The molecule has 16 heavy (non-hydrogen) atoms. The molecule has 1 rings (SSSR count). The number of halogens is 2. The van der Waals surface area contributed by atoms with Crippen molar-refractivity contribution in [1.29, 1.82) is 0 Å². The minimum atomic E-state index is -0.585. The van der Waals surface area contributed by atoms with Gasteiger partial charge in [-0.1, -0.05) is 12.1 Å². The summed E-state index contributed by atoms with van der Waals surface area (Å²) in [4.78, 5) is 1.82. The van der Waals surface area contributed by atoms with Crippen molar-refractivity contribution in [3.05, 3.63) is 48.1 Å². The SMILES string of the molecule is C=CCN(CCO)Cc1ccc(F)cc1F. The fraction of sp³-hybridized carbons (Fsp3) is 0.333. The fourth-order valence-electron chi connectivity index (χ4n) is 1.45. The number of hydrogen-bond donors (Lipinski definition) is 1. The summed E-state index contributed by atoms with van der Waals surface area (Å²) in [5.74, 6) is -1.15. The van der Waals surface area contributed by atoms with Crippen molar-refractivity contribution in [2.45, 2.75) is 6.54 Å². The number of aliphatic hydroxyl groups is 1. The van der Waals surface area contributed by atoms with E-state index in [0.717, 1.165) is 6.07 Å². The predicted octanol–water partition coefficient (Wildman–Crippen LogP) is 1.95. The highest BCUT2D eigenvalue weighted by Gasteiger charge is 2.08. The van der Waals surface area contributed by atoms with Gasteiger partial charge in [-0.15, -0.1) is 6.58 Å². The summed E-state index contributed by atoms with van der Waals surface area (Å²) >= 11 is 0. The molecule has 0 saturated heterocycles. The molecule has 88 valence electrons. The summed E-state index contributed by atoms with van der Waals surface area (Å²) in [6.45, 7) is 4.90. The van der Waals surface area contributed by atoms with Crippen molar-refractivity contribution in [1.82, 2.24) is 4.90 Å². The van der Waals surface area contributed by atoms with E-state index in [9.17, 15) is 8.78 Å². The average Bonchev–Trinajstić information content (AvgIpc) is 2.23. The highest BCUT2D eigenvalue weighted by molar-refractivity contribution is 5.18. The highest BCUT2D eigenvalue weighted by atomic mass is 19.1. The van der Waals surface area contributed by atoms with E-state index < -0.39 is 11.6 Å². The minimum absolute atomic E-state index is 0.00332. The van der Waals surface area contributed by atoms with Crippen LogP contribution in [0.5, 0.6) is 0 Å². The third-order valence-electron chi connectivity index (χ3n) is 2.21. The van der Waals surface area contributed by atoms with Gasteiger partial charge in [-0.25, -0.2) is 8.78 Å². The average molecular weight is 227 g/mol. The van der Waals surface area contributed by atoms with Crippen molar-refractivity contribution in [3.63, 3.8) is 0 Å². The number of rotatable bonds is 6. The van der Waals surface area contributed by atoms with Gasteiger partial charge in [-0.3, -0.25) is 4.90 Å². The second kappa shape index (κ2) is 6.35. The molecule has 0 amide bonds. The maximum Gasteiger partial charge on any atom is 0.130 e. The molecule has 1 N–H and O–H groups in total. The molecule has 0 aliphatic carbocycles. The Hall–Kier alpha value is -1.26. The molecule has 1 aromatic carbocycles. The van der Waals surface area contributed by atoms with E-state index in [4.69, 9.17) is 5.11 Å². The van der Waals surface area contributed by atoms with Gasteiger partial charge < -0.3 is 5.11 Å². The monoisotopic (exact) mass is 227 g/mol. The van der Waals surface area contributed by atoms with E-state index in [1.807, 2.05) is 4.90 Å². The lowest BCUT2D eigenvalue weighted by atomic mass is 10.2. The van der Waals surface area contributed by atoms with Crippen LogP contribution >= 0.6 is 0 Å². The summed E-state index contributed by atoms with van der Waals surface area (Å²) in [6, 6.07) is 3.50. The summed E-state index contributed by atoms with van der Waals surface area (Å²) in [7, 11) is 0. The molecule has 0 aliphatic heterocycles. The van der Waals surface area contributed by atoms with Gasteiger partial charge in [0.1, 0.15) is 11.6 Å². The normalized spacial score (nSPS) is 10.8. The quantitative estimate of drug-likeness (QED) is 0.751. The Balaban J connectivity index is 2.72. The molecule has 1 aromatic rings. The van der Waals surface area contributed by atoms with Crippen molar-refractivity contribution in [3.8, 4) is 0 Å². The van der Waals surface area contributed by atoms with Crippen molar-refractivity contribution >= 4 is 0 Å². The summed E-state index contributed by atoms with van der Waals surface area (Å²) in [5, 5.41) is 8.83. The molecule has 4 heteroatoms. The van der Waals surface area contributed by atoms with Gasteiger partial charge in [-0.05, 0) is 6.07 Å². The zero-order valence-electron chi connectivity index (χ0n) is 9.00. The summed E-state index contributed by atoms with van der Waals surface area (Å²) in [6.07, 6.45) is 1.68. The zero-order valence-corrected chi connectivity index (χ0v) is 9.00. The smallest absolute Gasteiger partial charge is 0.130 e. The molecular formula is C12H15F2NO. The van der Waals surface area contributed by atoms with Gasteiger partial charge in [0, 0.05) is 31.3 Å². The molecule has 0 unspecified atom stereocenters. The molecule has 0 saturated carbocycles. The second-order valence-corrected chi connectivity index (χ2v) is 3.48. The predicted molar refractivity (Wildman–Crippen MR) is 58.9 cm³/mol. The first-order chi connectivity index (χ1) is 7.67. The fourth-order valence-corrected chi connectivity index (χ4v) is 1.45. The van der Waals surface area contributed by atoms with Crippen LogP contribution in [0.3, 0.4) is 0 Å². The first-order valence-corrected chi connectivity index (χ1v) is 5.05. The molecule has 0 atom stereocenters. The topological polar surface area (TPSA) is 23.5 Å². The van der Waals surface area contributed by atoms with E-state index >= 15 is 0 Å². The number of nitrogens with zero attached hydrogens (tertiary/aromatic N) is 1. The maximum absolute atomic E-state index is 13.3. The van der Waals surface area contributed by atoms with Crippen LogP contribution in [0.4, 0.5) is 8.78 Å². The Morgan fingerprint density at radius 2 is 2.12 bits per heavy atom. The van der Waals surface area contributed by atoms with Crippen LogP contribution in [0.2, 0.25) is 0 Å². The molecule has 0 heterocycles. The highest BCUT2D eigenvalue weighted by Crippen LogP contribution is 2.12. The lowest BCUT2D eigenvalue weighted by molar-refractivity contribution is 0.202. The van der Waals surface area contributed by atoms with Gasteiger partial charge in [0.2, 0.25) is 0 Å². The Kier molecular flexibility index (Phi) is 5.08. The van der Waals surface area contributed by atoms with E-state index in [0.29, 0.717) is 25.2 Å². The summed E-state index contributed by atoms with van der Waals surface area (Å²) < 4.78 is 26.0. The molecule has 0 aromatic heterocycles. The Morgan fingerprint density at radius 1 is 1.38 bits per heavy atom. The Morgan fingerprint density at radius 3 is 2.69 bits per heavy atom. The van der Waals surface area contributed by atoms with Crippen LogP contribution < -0.4 is 0 Å². The molecule has 0 spiro atoms. The molecule has 0 fully saturated rings. The van der Waals surface area contributed by atoms with E-state index in [1.165, 1.54) is 12.1 Å². The lowest BCUT2D eigenvalue weighted by Gasteiger charge is -2.19. The van der Waals surface area contributed by atoms with Crippen LogP contribution in [0.1, 0.15) is 5.56 Å². The third-order valence-corrected chi connectivity index (χ3v) is 2.21. The van der Waals surface area contributed by atoms with Gasteiger partial charge in [-0.2, -0.15) is 0 Å².